The van der Waals surface area contributed by atoms with Gasteiger partial charge in [0.15, 0.2) is 11.4 Å². The number of allylic oxidation sites excluding steroid dienone is 1. The lowest BCUT2D eigenvalue weighted by molar-refractivity contribution is -0.140. The Kier molecular flexibility index (Phi) is 4.67. The van der Waals surface area contributed by atoms with E-state index in [-0.39, 0.29) is 12.2 Å². The van der Waals surface area contributed by atoms with Gasteiger partial charge in [0.25, 0.3) is 5.91 Å². The lowest BCUT2D eigenvalue weighted by Crippen LogP contribution is -2.41. The van der Waals surface area contributed by atoms with Crippen LogP contribution in [0.4, 0.5) is 5.69 Å². The number of aliphatic hydroxyl groups is 1. The third-order valence-electron chi connectivity index (χ3n) is 4.83. The summed E-state index contributed by atoms with van der Waals surface area (Å²) in [6, 6.07) is 20.0. The Labute approximate surface area is 162 Å². The van der Waals surface area contributed by atoms with Gasteiger partial charge < -0.3 is 14.4 Å². The summed E-state index contributed by atoms with van der Waals surface area (Å²) in [5.74, 6) is -0.315. The van der Waals surface area contributed by atoms with E-state index in [1.165, 1.54) is 23.3 Å². The van der Waals surface area contributed by atoms with Crippen LogP contribution in [0.5, 0.6) is 0 Å². The first-order valence-corrected chi connectivity index (χ1v) is 9.00. The van der Waals surface area contributed by atoms with Gasteiger partial charge in [-0.3, -0.25) is 9.59 Å². The van der Waals surface area contributed by atoms with E-state index in [1.54, 1.807) is 30.3 Å². The second-order valence-electron chi connectivity index (χ2n) is 6.75. The van der Waals surface area contributed by atoms with Crippen LogP contribution in [0.15, 0.2) is 83.5 Å². The summed E-state index contributed by atoms with van der Waals surface area (Å²) in [6.45, 7) is 0.329. The van der Waals surface area contributed by atoms with E-state index in [0.717, 1.165) is 5.56 Å². The molecule has 3 aromatic rings. The van der Waals surface area contributed by atoms with Gasteiger partial charge in [-0.2, -0.15) is 0 Å². The smallest absolute Gasteiger partial charge is 0.264 e. The number of nitrogens with zero attached hydrogens (tertiary/aromatic N) is 1. The Balaban J connectivity index is 1.61. The SMILES string of the molecule is O=C(/C=C/c1ccco1)C[C@@]1(O)C(=O)N(Cc2ccccc2)c2ccccc21. The van der Waals surface area contributed by atoms with Crippen molar-refractivity contribution in [3.8, 4) is 0 Å². The molecule has 1 N–H and O–H groups in total. The number of carbonyl (C=O) groups is 2. The fraction of sp³-hybridized carbons (Fsp3) is 0.130. The van der Waals surface area contributed by atoms with Crippen LogP contribution in [0.3, 0.4) is 0 Å². The van der Waals surface area contributed by atoms with Crippen LogP contribution < -0.4 is 4.90 Å². The average molecular weight is 373 g/mol. The zero-order chi connectivity index (χ0) is 19.6. The van der Waals surface area contributed by atoms with Crippen LogP contribution in [-0.2, 0) is 21.7 Å². The molecule has 2 heterocycles. The van der Waals surface area contributed by atoms with E-state index < -0.39 is 11.5 Å². The standard InChI is InChI=1S/C23H19NO4/c25-18(12-13-19-9-6-14-28-19)15-23(27)20-10-4-5-11-21(20)24(22(23)26)16-17-7-2-1-3-8-17/h1-14,27H,15-16H2/b13-12+/t23-/m0/s1. The van der Waals surface area contributed by atoms with E-state index >= 15 is 0 Å². The summed E-state index contributed by atoms with van der Waals surface area (Å²) < 4.78 is 5.16. The maximum Gasteiger partial charge on any atom is 0.264 e. The monoisotopic (exact) mass is 373 g/mol. The van der Waals surface area contributed by atoms with Crippen LogP contribution in [-0.4, -0.2) is 16.8 Å². The van der Waals surface area contributed by atoms with Crippen LogP contribution in [0.1, 0.15) is 23.3 Å². The molecule has 5 nitrogen and oxygen atoms in total. The van der Waals surface area contributed by atoms with Crippen molar-refractivity contribution in [3.63, 3.8) is 0 Å². The molecule has 5 heteroatoms. The van der Waals surface area contributed by atoms with E-state index in [9.17, 15) is 14.7 Å². The third-order valence-corrected chi connectivity index (χ3v) is 4.83. The molecule has 1 aliphatic heterocycles. The number of furan rings is 1. The predicted molar refractivity (Wildman–Crippen MR) is 105 cm³/mol. The molecule has 28 heavy (non-hydrogen) atoms. The molecule has 0 saturated carbocycles. The molecule has 1 aliphatic rings. The first-order valence-electron chi connectivity index (χ1n) is 9.00. The molecule has 0 saturated heterocycles. The summed E-state index contributed by atoms with van der Waals surface area (Å²) >= 11 is 0. The molecule has 0 radical (unpaired) electrons. The molecule has 1 amide bonds. The number of benzene rings is 2. The van der Waals surface area contributed by atoms with Gasteiger partial charge in [0.2, 0.25) is 0 Å². The number of amides is 1. The minimum absolute atomic E-state index is 0.328. The highest BCUT2D eigenvalue weighted by Gasteiger charge is 2.50. The van der Waals surface area contributed by atoms with Crippen molar-refractivity contribution < 1.29 is 19.1 Å². The van der Waals surface area contributed by atoms with Crippen molar-refractivity contribution in [1.82, 2.24) is 0 Å². The van der Waals surface area contributed by atoms with E-state index in [4.69, 9.17) is 4.42 Å². The largest absolute Gasteiger partial charge is 0.465 e. The number of hydrogen-bond acceptors (Lipinski definition) is 4. The topological polar surface area (TPSA) is 70.7 Å². The summed E-state index contributed by atoms with van der Waals surface area (Å²) in [5, 5.41) is 11.2. The number of rotatable bonds is 6. The molecule has 4 rings (SSSR count). The van der Waals surface area contributed by atoms with E-state index in [2.05, 4.69) is 0 Å². The molecule has 0 aliphatic carbocycles. The van der Waals surface area contributed by atoms with Crippen molar-refractivity contribution in [2.45, 2.75) is 18.6 Å². The number of fused-ring (bicyclic) bond motifs is 1. The number of carbonyl (C=O) groups excluding carboxylic acids is 2. The number of hydrogen-bond donors (Lipinski definition) is 1. The van der Waals surface area contributed by atoms with Crippen molar-refractivity contribution in [2.75, 3.05) is 4.90 Å². The minimum Gasteiger partial charge on any atom is -0.465 e. The maximum absolute atomic E-state index is 13.1. The molecular formula is C23H19NO4. The Morgan fingerprint density at radius 2 is 1.79 bits per heavy atom. The van der Waals surface area contributed by atoms with Crippen LogP contribution in [0.25, 0.3) is 6.08 Å². The highest BCUT2D eigenvalue weighted by Crippen LogP contribution is 2.43. The minimum atomic E-state index is -1.88. The van der Waals surface area contributed by atoms with Crippen LogP contribution in [0.2, 0.25) is 0 Å². The average Bonchev–Trinajstić information content (AvgIpc) is 3.30. The van der Waals surface area contributed by atoms with Crippen molar-refractivity contribution in [3.05, 3.63) is 96.0 Å². The summed E-state index contributed by atoms with van der Waals surface area (Å²) in [4.78, 5) is 27.1. The fourth-order valence-corrected chi connectivity index (χ4v) is 3.47. The van der Waals surface area contributed by atoms with Crippen molar-refractivity contribution >= 4 is 23.5 Å². The summed E-state index contributed by atoms with van der Waals surface area (Å²) in [6.07, 6.45) is 4.03. The van der Waals surface area contributed by atoms with E-state index in [1.807, 2.05) is 36.4 Å². The van der Waals surface area contributed by atoms with Crippen LogP contribution >= 0.6 is 0 Å². The number of para-hydroxylation sites is 1. The van der Waals surface area contributed by atoms with Crippen molar-refractivity contribution in [2.24, 2.45) is 0 Å². The van der Waals surface area contributed by atoms with Gasteiger partial charge in [0.05, 0.1) is 24.9 Å². The van der Waals surface area contributed by atoms with Gasteiger partial charge in [-0.1, -0.05) is 48.5 Å². The van der Waals surface area contributed by atoms with Crippen LogP contribution in [0, 0.1) is 0 Å². The molecule has 1 atom stereocenters. The van der Waals surface area contributed by atoms with Gasteiger partial charge in [-0.05, 0) is 35.9 Å². The maximum atomic E-state index is 13.1. The van der Waals surface area contributed by atoms with Gasteiger partial charge >= 0.3 is 0 Å². The lowest BCUT2D eigenvalue weighted by Gasteiger charge is -2.22. The molecule has 0 fully saturated rings. The second-order valence-corrected chi connectivity index (χ2v) is 6.75. The van der Waals surface area contributed by atoms with Gasteiger partial charge in [-0.25, -0.2) is 0 Å². The molecular weight excluding hydrogens is 354 g/mol. The van der Waals surface area contributed by atoms with Crippen molar-refractivity contribution in [1.29, 1.82) is 0 Å². The third kappa shape index (κ3) is 3.28. The quantitative estimate of drug-likeness (QED) is 0.669. The zero-order valence-corrected chi connectivity index (χ0v) is 15.1. The highest BCUT2D eigenvalue weighted by molar-refractivity contribution is 6.10. The molecule has 0 bridgehead atoms. The van der Waals surface area contributed by atoms with Gasteiger partial charge in [0.1, 0.15) is 5.76 Å². The second kappa shape index (κ2) is 7.29. The molecule has 1 aromatic heterocycles. The highest BCUT2D eigenvalue weighted by atomic mass is 16.3. The first kappa shape index (κ1) is 17.9. The molecule has 0 spiro atoms. The molecule has 2 aromatic carbocycles. The zero-order valence-electron chi connectivity index (χ0n) is 15.1. The number of anilines is 1. The Hall–Kier alpha value is -3.44. The lowest BCUT2D eigenvalue weighted by atomic mass is 9.90. The Morgan fingerprint density at radius 3 is 2.54 bits per heavy atom. The first-order chi connectivity index (χ1) is 13.6. The Bertz CT molecular complexity index is 1020. The summed E-state index contributed by atoms with van der Waals surface area (Å²) in [7, 11) is 0. The van der Waals surface area contributed by atoms with E-state index in [0.29, 0.717) is 23.6 Å². The summed E-state index contributed by atoms with van der Waals surface area (Å²) in [5.41, 5.74) is 0.145. The molecule has 140 valence electrons. The predicted octanol–water partition coefficient (Wildman–Crippen LogP) is 3.69. The van der Waals surface area contributed by atoms with Gasteiger partial charge in [-0.15, -0.1) is 0 Å². The fourth-order valence-electron chi connectivity index (χ4n) is 3.47. The number of ketones is 1. The van der Waals surface area contributed by atoms with Gasteiger partial charge in [0, 0.05) is 5.56 Å². The molecule has 0 unspecified atom stereocenters. The Morgan fingerprint density at radius 1 is 1.04 bits per heavy atom. The normalized spacial score (nSPS) is 18.6.